The highest BCUT2D eigenvalue weighted by atomic mass is 16.2. The van der Waals surface area contributed by atoms with E-state index >= 15 is 0 Å². The molecule has 0 bridgehead atoms. The molecule has 0 aromatic heterocycles. The fourth-order valence-electron chi connectivity index (χ4n) is 0.947. The molecule has 0 N–H and O–H groups in total. The van der Waals surface area contributed by atoms with Crippen LogP contribution < -0.4 is 0 Å². The molecule has 0 fully saturated rings. The van der Waals surface area contributed by atoms with E-state index in [0.29, 0.717) is 6.54 Å². The number of hydrogen-bond donors (Lipinski definition) is 0. The number of carbonyl (C=O) groups excluding carboxylic acids is 1. The Morgan fingerprint density at radius 3 is 1.91 bits per heavy atom. The van der Waals surface area contributed by atoms with Crippen LogP contribution in [0.2, 0.25) is 0 Å². The standard InChI is InChI=1S/C8H18N2O/c1-5-10(6-2)8(11)7-9(3)4/h5-7H2,1-4H3. The normalized spacial score (nSPS) is 10.3. The molecule has 3 heteroatoms. The van der Waals surface area contributed by atoms with Crippen molar-refractivity contribution < 1.29 is 4.79 Å². The van der Waals surface area contributed by atoms with Crippen molar-refractivity contribution in [3.05, 3.63) is 0 Å². The molecular formula is C8H18N2O. The number of amides is 1. The van der Waals surface area contributed by atoms with Gasteiger partial charge >= 0.3 is 0 Å². The zero-order valence-electron chi connectivity index (χ0n) is 7.92. The van der Waals surface area contributed by atoms with E-state index in [0.717, 1.165) is 13.1 Å². The summed E-state index contributed by atoms with van der Waals surface area (Å²) in [5.74, 6) is 0.208. The molecule has 66 valence electrons. The zero-order valence-corrected chi connectivity index (χ0v) is 7.92. The lowest BCUT2D eigenvalue weighted by atomic mass is 10.4. The summed E-state index contributed by atoms with van der Waals surface area (Å²) < 4.78 is 0. The molecule has 3 nitrogen and oxygen atoms in total. The van der Waals surface area contributed by atoms with E-state index in [2.05, 4.69) is 0 Å². The maximum atomic E-state index is 11.3. The van der Waals surface area contributed by atoms with Crippen molar-refractivity contribution in [3.8, 4) is 0 Å². The van der Waals surface area contributed by atoms with Crippen molar-refractivity contribution in [3.63, 3.8) is 0 Å². The fourth-order valence-corrected chi connectivity index (χ4v) is 0.947. The smallest absolute Gasteiger partial charge is 0.236 e. The van der Waals surface area contributed by atoms with Crippen LogP contribution in [0.25, 0.3) is 0 Å². The van der Waals surface area contributed by atoms with Crippen LogP contribution >= 0.6 is 0 Å². The van der Waals surface area contributed by atoms with Crippen LogP contribution in [0.4, 0.5) is 0 Å². The molecule has 0 atom stereocenters. The van der Waals surface area contributed by atoms with Crippen LogP contribution in [0.5, 0.6) is 0 Å². The second kappa shape index (κ2) is 5.13. The molecule has 0 aliphatic carbocycles. The lowest BCUT2D eigenvalue weighted by Gasteiger charge is -2.20. The Labute approximate surface area is 69.0 Å². The third-order valence-electron chi connectivity index (χ3n) is 1.57. The summed E-state index contributed by atoms with van der Waals surface area (Å²) in [6.07, 6.45) is 0. The molecule has 0 rings (SSSR count). The topological polar surface area (TPSA) is 23.6 Å². The molecule has 0 radical (unpaired) electrons. The average molecular weight is 158 g/mol. The minimum atomic E-state index is 0.208. The molecule has 1 amide bonds. The summed E-state index contributed by atoms with van der Waals surface area (Å²) in [6, 6.07) is 0. The summed E-state index contributed by atoms with van der Waals surface area (Å²) in [4.78, 5) is 15.0. The summed E-state index contributed by atoms with van der Waals surface area (Å²) >= 11 is 0. The van der Waals surface area contributed by atoms with Gasteiger partial charge in [-0.25, -0.2) is 0 Å². The Morgan fingerprint density at radius 1 is 1.18 bits per heavy atom. The zero-order chi connectivity index (χ0) is 8.85. The van der Waals surface area contributed by atoms with Gasteiger partial charge in [0.2, 0.25) is 5.91 Å². The molecule has 0 spiro atoms. The molecule has 11 heavy (non-hydrogen) atoms. The van der Waals surface area contributed by atoms with Crippen molar-refractivity contribution in [1.29, 1.82) is 0 Å². The van der Waals surface area contributed by atoms with Crippen LogP contribution in [-0.2, 0) is 4.79 Å². The van der Waals surface area contributed by atoms with Crippen molar-refractivity contribution in [2.75, 3.05) is 33.7 Å². The molecule has 0 saturated heterocycles. The fraction of sp³-hybridized carbons (Fsp3) is 0.875. The quantitative estimate of drug-likeness (QED) is 0.592. The molecule has 0 unspecified atom stereocenters. The Hall–Kier alpha value is -0.570. The van der Waals surface area contributed by atoms with Gasteiger partial charge in [-0.3, -0.25) is 4.79 Å². The first kappa shape index (κ1) is 10.4. The Balaban J connectivity index is 3.79. The van der Waals surface area contributed by atoms with E-state index in [9.17, 15) is 4.79 Å². The van der Waals surface area contributed by atoms with E-state index < -0.39 is 0 Å². The summed E-state index contributed by atoms with van der Waals surface area (Å²) in [7, 11) is 3.81. The second-order valence-electron chi connectivity index (χ2n) is 2.80. The lowest BCUT2D eigenvalue weighted by Crippen LogP contribution is -2.37. The van der Waals surface area contributed by atoms with Crippen molar-refractivity contribution >= 4 is 5.91 Å². The molecule has 0 aliphatic heterocycles. The predicted molar refractivity (Wildman–Crippen MR) is 46.5 cm³/mol. The maximum Gasteiger partial charge on any atom is 0.236 e. The number of carbonyl (C=O) groups is 1. The van der Waals surface area contributed by atoms with Gasteiger partial charge in [0.15, 0.2) is 0 Å². The van der Waals surface area contributed by atoms with Gasteiger partial charge in [0.25, 0.3) is 0 Å². The van der Waals surface area contributed by atoms with Gasteiger partial charge in [0.05, 0.1) is 6.54 Å². The highest BCUT2D eigenvalue weighted by molar-refractivity contribution is 5.78. The van der Waals surface area contributed by atoms with E-state index in [4.69, 9.17) is 0 Å². The summed E-state index contributed by atoms with van der Waals surface area (Å²) in [6.45, 7) is 6.13. The number of rotatable bonds is 4. The minimum absolute atomic E-state index is 0.208. The van der Waals surface area contributed by atoms with E-state index in [-0.39, 0.29) is 5.91 Å². The van der Waals surface area contributed by atoms with Crippen molar-refractivity contribution in [2.45, 2.75) is 13.8 Å². The molecule has 0 heterocycles. The van der Waals surface area contributed by atoms with Crippen LogP contribution in [0, 0.1) is 0 Å². The van der Waals surface area contributed by atoms with E-state index in [1.54, 1.807) is 0 Å². The largest absolute Gasteiger partial charge is 0.342 e. The Kier molecular flexibility index (Phi) is 4.86. The first-order chi connectivity index (χ1) is 5.11. The minimum Gasteiger partial charge on any atom is -0.342 e. The van der Waals surface area contributed by atoms with E-state index in [1.807, 2.05) is 37.7 Å². The van der Waals surface area contributed by atoms with E-state index in [1.165, 1.54) is 0 Å². The predicted octanol–water partition coefficient (Wildman–Crippen LogP) is 0.416. The highest BCUT2D eigenvalue weighted by Crippen LogP contribution is 1.89. The summed E-state index contributed by atoms with van der Waals surface area (Å²) in [5, 5.41) is 0. The van der Waals surface area contributed by atoms with Gasteiger partial charge in [-0.15, -0.1) is 0 Å². The van der Waals surface area contributed by atoms with Gasteiger partial charge in [-0.2, -0.15) is 0 Å². The number of likely N-dealkylation sites (N-methyl/N-ethyl adjacent to an activating group) is 2. The lowest BCUT2D eigenvalue weighted by molar-refractivity contribution is -0.131. The second-order valence-corrected chi connectivity index (χ2v) is 2.80. The Bertz CT molecular complexity index is 119. The third-order valence-corrected chi connectivity index (χ3v) is 1.57. The van der Waals surface area contributed by atoms with Gasteiger partial charge in [0, 0.05) is 13.1 Å². The molecule has 0 saturated carbocycles. The summed E-state index contributed by atoms with van der Waals surface area (Å²) in [5.41, 5.74) is 0. The number of nitrogens with zero attached hydrogens (tertiary/aromatic N) is 2. The average Bonchev–Trinajstić information content (AvgIpc) is 1.88. The van der Waals surface area contributed by atoms with Gasteiger partial charge in [-0.05, 0) is 27.9 Å². The first-order valence-electron chi connectivity index (χ1n) is 4.04. The van der Waals surface area contributed by atoms with Gasteiger partial charge < -0.3 is 9.80 Å². The van der Waals surface area contributed by atoms with Crippen molar-refractivity contribution in [1.82, 2.24) is 9.80 Å². The van der Waals surface area contributed by atoms with Crippen LogP contribution in [0.1, 0.15) is 13.8 Å². The van der Waals surface area contributed by atoms with Crippen LogP contribution in [0.3, 0.4) is 0 Å². The molecule has 0 aromatic carbocycles. The Morgan fingerprint density at radius 2 is 1.64 bits per heavy atom. The van der Waals surface area contributed by atoms with Gasteiger partial charge in [0.1, 0.15) is 0 Å². The monoisotopic (exact) mass is 158 g/mol. The van der Waals surface area contributed by atoms with Crippen LogP contribution in [0.15, 0.2) is 0 Å². The molecular weight excluding hydrogens is 140 g/mol. The molecule has 0 aliphatic rings. The van der Waals surface area contributed by atoms with Gasteiger partial charge in [-0.1, -0.05) is 0 Å². The maximum absolute atomic E-state index is 11.3. The third kappa shape index (κ3) is 3.98. The van der Waals surface area contributed by atoms with Crippen molar-refractivity contribution in [2.24, 2.45) is 0 Å². The highest BCUT2D eigenvalue weighted by Gasteiger charge is 2.08. The molecule has 0 aromatic rings. The SMILES string of the molecule is CCN(CC)C(=O)CN(C)C. The van der Waals surface area contributed by atoms with Crippen LogP contribution in [-0.4, -0.2) is 49.4 Å². The first-order valence-corrected chi connectivity index (χ1v) is 4.04. The number of hydrogen-bond acceptors (Lipinski definition) is 2.